The Morgan fingerprint density at radius 3 is 3.12 bits per heavy atom. The van der Waals surface area contributed by atoms with Crippen LogP contribution in [0.15, 0.2) is 12.4 Å². The molecule has 0 amide bonds. The van der Waals surface area contributed by atoms with Crippen molar-refractivity contribution in [3.8, 4) is 5.88 Å². The summed E-state index contributed by atoms with van der Waals surface area (Å²) in [5, 5.41) is 12.5. The fourth-order valence-corrected chi connectivity index (χ4v) is 2.17. The van der Waals surface area contributed by atoms with Crippen molar-refractivity contribution in [2.24, 2.45) is 5.92 Å². The summed E-state index contributed by atoms with van der Waals surface area (Å²) in [6.07, 6.45) is 4.79. The smallest absolute Gasteiger partial charge is 0.218 e. The molecule has 16 heavy (non-hydrogen) atoms. The van der Waals surface area contributed by atoms with E-state index in [2.05, 4.69) is 15.3 Å². The Morgan fingerprint density at radius 2 is 2.38 bits per heavy atom. The Bertz CT molecular complexity index is 346. The van der Waals surface area contributed by atoms with Crippen LogP contribution >= 0.6 is 0 Å². The highest BCUT2D eigenvalue weighted by Gasteiger charge is 2.26. The Hall–Kier alpha value is -1.36. The van der Waals surface area contributed by atoms with E-state index >= 15 is 0 Å². The zero-order valence-corrected chi connectivity index (χ0v) is 9.39. The number of nitrogens with one attached hydrogen (secondary N) is 1. The molecule has 5 heteroatoms. The van der Waals surface area contributed by atoms with Crippen LogP contribution in [0.3, 0.4) is 0 Å². The zero-order chi connectivity index (χ0) is 11.4. The van der Waals surface area contributed by atoms with Gasteiger partial charge < -0.3 is 15.2 Å². The molecule has 88 valence electrons. The lowest BCUT2D eigenvalue weighted by molar-refractivity contribution is 0.222. The van der Waals surface area contributed by atoms with Gasteiger partial charge in [-0.25, -0.2) is 9.97 Å². The lowest BCUT2D eigenvalue weighted by atomic mass is 10.1. The number of hydrogen-bond donors (Lipinski definition) is 2. The fourth-order valence-electron chi connectivity index (χ4n) is 2.17. The molecule has 1 aromatic rings. The lowest BCUT2D eigenvalue weighted by Crippen LogP contribution is -2.26. The van der Waals surface area contributed by atoms with E-state index in [0.29, 0.717) is 17.8 Å². The zero-order valence-electron chi connectivity index (χ0n) is 9.39. The highest BCUT2D eigenvalue weighted by Crippen LogP contribution is 2.27. The van der Waals surface area contributed by atoms with Crippen LogP contribution in [0.25, 0.3) is 0 Å². The summed E-state index contributed by atoms with van der Waals surface area (Å²) in [6, 6.07) is 2.08. The quantitative estimate of drug-likeness (QED) is 0.798. The molecule has 1 saturated carbocycles. The van der Waals surface area contributed by atoms with E-state index in [-0.39, 0.29) is 6.61 Å². The molecule has 0 spiro atoms. The summed E-state index contributed by atoms with van der Waals surface area (Å²) >= 11 is 0. The van der Waals surface area contributed by atoms with Crippen molar-refractivity contribution in [1.29, 1.82) is 0 Å². The standard InChI is InChI=1S/C11H17N3O2/c1-16-11-5-10(12-7-13-11)14-9-4-2-3-8(9)6-15/h5,7-9,15H,2-4,6H2,1H3,(H,12,13,14). The summed E-state index contributed by atoms with van der Waals surface area (Å²) in [7, 11) is 1.58. The maximum absolute atomic E-state index is 9.22. The third-order valence-corrected chi connectivity index (χ3v) is 3.08. The van der Waals surface area contributed by atoms with Crippen molar-refractivity contribution in [2.75, 3.05) is 19.0 Å². The Morgan fingerprint density at radius 1 is 1.50 bits per heavy atom. The maximum atomic E-state index is 9.22. The molecule has 1 aliphatic carbocycles. The first-order valence-electron chi connectivity index (χ1n) is 5.57. The van der Waals surface area contributed by atoms with Crippen LogP contribution in [0, 0.1) is 5.92 Å². The van der Waals surface area contributed by atoms with Gasteiger partial charge in [0.25, 0.3) is 0 Å². The summed E-state index contributed by atoms with van der Waals surface area (Å²) < 4.78 is 5.03. The van der Waals surface area contributed by atoms with Crippen LogP contribution in [0.1, 0.15) is 19.3 Å². The molecule has 2 atom stereocenters. The molecule has 5 nitrogen and oxygen atoms in total. The molecule has 0 aromatic carbocycles. The number of aliphatic hydroxyl groups excluding tert-OH is 1. The third kappa shape index (κ3) is 2.41. The molecule has 2 unspecified atom stereocenters. The average molecular weight is 223 g/mol. The van der Waals surface area contributed by atoms with Gasteiger partial charge in [0.05, 0.1) is 7.11 Å². The Labute approximate surface area is 94.9 Å². The van der Waals surface area contributed by atoms with Gasteiger partial charge >= 0.3 is 0 Å². The molecule has 2 rings (SSSR count). The van der Waals surface area contributed by atoms with Crippen LogP contribution < -0.4 is 10.1 Å². The van der Waals surface area contributed by atoms with Crippen molar-refractivity contribution >= 4 is 5.82 Å². The summed E-state index contributed by atoms with van der Waals surface area (Å²) in [5.41, 5.74) is 0. The van der Waals surface area contributed by atoms with Crippen molar-refractivity contribution in [2.45, 2.75) is 25.3 Å². The van der Waals surface area contributed by atoms with E-state index in [9.17, 15) is 5.11 Å². The summed E-state index contributed by atoms with van der Waals surface area (Å²) in [5.74, 6) is 1.65. The van der Waals surface area contributed by atoms with Gasteiger partial charge in [0.2, 0.25) is 5.88 Å². The number of nitrogens with zero attached hydrogens (tertiary/aromatic N) is 2. The lowest BCUT2D eigenvalue weighted by Gasteiger charge is -2.19. The SMILES string of the molecule is COc1cc(NC2CCCC2CO)ncn1. The molecular formula is C11H17N3O2. The number of ether oxygens (including phenoxy) is 1. The second-order valence-corrected chi connectivity index (χ2v) is 4.07. The molecule has 0 bridgehead atoms. The van der Waals surface area contributed by atoms with Gasteiger partial charge in [0.1, 0.15) is 12.1 Å². The molecular weight excluding hydrogens is 206 g/mol. The maximum Gasteiger partial charge on any atom is 0.218 e. The van der Waals surface area contributed by atoms with E-state index in [0.717, 1.165) is 25.1 Å². The number of aromatic nitrogens is 2. The predicted octanol–water partition coefficient (Wildman–Crippen LogP) is 1.06. The second-order valence-electron chi connectivity index (χ2n) is 4.07. The van der Waals surface area contributed by atoms with Gasteiger partial charge in [-0.1, -0.05) is 6.42 Å². The molecule has 1 aliphatic rings. The van der Waals surface area contributed by atoms with E-state index in [1.165, 1.54) is 6.33 Å². The molecule has 0 aliphatic heterocycles. The summed E-state index contributed by atoms with van der Waals surface area (Å²) in [6.45, 7) is 0.236. The van der Waals surface area contributed by atoms with Crippen LogP contribution in [0.4, 0.5) is 5.82 Å². The van der Waals surface area contributed by atoms with E-state index in [1.54, 1.807) is 13.2 Å². The van der Waals surface area contributed by atoms with Crippen LogP contribution in [0.2, 0.25) is 0 Å². The second kappa shape index (κ2) is 5.12. The van der Waals surface area contributed by atoms with E-state index in [4.69, 9.17) is 4.74 Å². The predicted molar refractivity (Wildman–Crippen MR) is 60.4 cm³/mol. The molecule has 1 aromatic heterocycles. The number of methoxy groups -OCH3 is 1. The van der Waals surface area contributed by atoms with Crippen molar-refractivity contribution in [1.82, 2.24) is 9.97 Å². The van der Waals surface area contributed by atoms with Gasteiger partial charge in [0.15, 0.2) is 0 Å². The minimum Gasteiger partial charge on any atom is -0.481 e. The van der Waals surface area contributed by atoms with Crippen LogP contribution in [0.5, 0.6) is 5.88 Å². The highest BCUT2D eigenvalue weighted by atomic mass is 16.5. The first kappa shape index (κ1) is 11.1. The number of aliphatic hydroxyl groups is 1. The topological polar surface area (TPSA) is 67.3 Å². The first-order valence-corrected chi connectivity index (χ1v) is 5.57. The van der Waals surface area contributed by atoms with Crippen LogP contribution in [-0.2, 0) is 0 Å². The third-order valence-electron chi connectivity index (χ3n) is 3.08. The van der Waals surface area contributed by atoms with Gasteiger partial charge in [-0.3, -0.25) is 0 Å². The van der Waals surface area contributed by atoms with E-state index in [1.807, 2.05) is 0 Å². The molecule has 1 heterocycles. The van der Waals surface area contributed by atoms with Crippen LogP contribution in [-0.4, -0.2) is 34.8 Å². The highest BCUT2D eigenvalue weighted by molar-refractivity contribution is 5.38. The number of anilines is 1. The Kier molecular flexibility index (Phi) is 3.56. The first-order chi connectivity index (χ1) is 7.83. The normalized spacial score (nSPS) is 24.4. The molecule has 2 N–H and O–H groups in total. The number of hydrogen-bond acceptors (Lipinski definition) is 5. The van der Waals surface area contributed by atoms with Crippen molar-refractivity contribution < 1.29 is 9.84 Å². The molecule has 0 radical (unpaired) electrons. The monoisotopic (exact) mass is 223 g/mol. The average Bonchev–Trinajstić information content (AvgIpc) is 2.76. The fraction of sp³-hybridized carbons (Fsp3) is 0.636. The Balaban J connectivity index is 2.02. The minimum absolute atomic E-state index is 0.236. The van der Waals surface area contributed by atoms with Crippen molar-refractivity contribution in [3.05, 3.63) is 12.4 Å². The molecule has 1 fully saturated rings. The van der Waals surface area contributed by atoms with Gasteiger partial charge in [-0.05, 0) is 12.8 Å². The minimum atomic E-state index is 0.236. The van der Waals surface area contributed by atoms with Gasteiger partial charge in [-0.2, -0.15) is 0 Å². The van der Waals surface area contributed by atoms with Crippen molar-refractivity contribution in [3.63, 3.8) is 0 Å². The largest absolute Gasteiger partial charge is 0.481 e. The number of rotatable bonds is 4. The molecule has 0 saturated heterocycles. The van der Waals surface area contributed by atoms with Gasteiger partial charge in [-0.15, -0.1) is 0 Å². The van der Waals surface area contributed by atoms with Gasteiger partial charge in [0, 0.05) is 24.6 Å². The summed E-state index contributed by atoms with van der Waals surface area (Å²) in [4.78, 5) is 8.08. The van der Waals surface area contributed by atoms with E-state index < -0.39 is 0 Å².